The average molecular weight is 251 g/mol. The van der Waals surface area contributed by atoms with Gasteiger partial charge in [0.25, 0.3) is 5.69 Å². The van der Waals surface area contributed by atoms with Crippen molar-refractivity contribution in [3.05, 3.63) is 28.3 Å². The molecular formula is C11H13N3O4. The Bertz CT molecular complexity index is 503. The first kappa shape index (κ1) is 12.3. The van der Waals surface area contributed by atoms with Crippen LogP contribution in [-0.2, 0) is 4.79 Å². The van der Waals surface area contributed by atoms with Crippen molar-refractivity contribution in [2.24, 2.45) is 5.92 Å². The molecule has 1 atom stereocenters. The Morgan fingerprint density at radius 1 is 1.56 bits per heavy atom. The van der Waals surface area contributed by atoms with Gasteiger partial charge in [-0.2, -0.15) is 0 Å². The molecule has 1 aliphatic heterocycles. The first-order valence-electron chi connectivity index (χ1n) is 5.48. The number of nitrogens with zero attached hydrogens (tertiary/aromatic N) is 2. The maximum Gasteiger partial charge on any atom is 0.295 e. The minimum absolute atomic E-state index is 0.122. The van der Waals surface area contributed by atoms with E-state index < -0.39 is 4.92 Å². The molecule has 1 aromatic carbocycles. The van der Waals surface area contributed by atoms with Crippen LogP contribution in [0.1, 0.15) is 6.42 Å². The summed E-state index contributed by atoms with van der Waals surface area (Å²) in [6, 6.07) is 4.30. The highest BCUT2D eigenvalue weighted by molar-refractivity contribution is 6.01. The summed E-state index contributed by atoms with van der Waals surface area (Å²) in [7, 11) is 0. The topological polar surface area (TPSA) is 110 Å². The number of hydrogen-bond donors (Lipinski definition) is 2. The van der Waals surface area contributed by atoms with Crippen LogP contribution in [0.5, 0.6) is 0 Å². The largest absolute Gasteiger partial charge is 0.397 e. The highest BCUT2D eigenvalue weighted by atomic mass is 16.6. The van der Waals surface area contributed by atoms with Crippen LogP contribution >= 0.6 is 0 Å². The van der Waals surface area contributed by atoms with E-state index >= 15 is 0 Å². The second-order valence-electron chi connectivity index (χ2n) is 4.23. The average Bonchev–Trinajstić information content (AvgIpc) is 2.70. The number of nitrogens with two attached hydrogens (primary N) is 1. The van der Waals surface area contributed by atoms with Crippen molar-refractivity contribution in [3.63, 3.8) is 0 Å². The SMILES string of the molecule is Nc1cccc([N+](=O)[O-])c1N1CC(CO)CC1=O. The number of anilines is 2. The van der Waals surface area contributed by atoms with Crippen LogP contribution < -0.4 is 10.6 Å². The molecule has 1 saturated heterocycles. The number of aliphatic hydroxyl groups is 1. The van der Waals surface area contributed by atoms with Crippen molar-refractivity contribution in [2.75, 3.05) is 23.8 Å². The lowest BCUT2D eigenvalue weighted by atomic mass is 10.1. The molecule has 7 nitrogen and oxygen atoms in total. The van der Waals surface area contributed by atoms with Crippen LogP contribution in [0.3, 0.4) is 0 Å². The van der Waals surface area contributed by atoms with Crippen molar-refractivity contribution in [3.8, 4) is 0 Å². The Kier molecular flexibility index (Phi) is 3.15. The molecule has 2 rings (SSSR count). The van der Waals surface area contributed by atoms with E-state index in [-0.39, 0.29) is 48.5 Å². The number of para-hydroxylation sites is 1. The fourth-order valence-electron chi connectivity index (χ4n) is 2.11. The van der Waals surface area contributed by atoms with Gasteiger partial charge in [0.15, 0.2) is 0 Å². The quantitative estimate of drug-likeness (QED) is 0.462. The van der Waals surface area contributed by atoms with Gasteiger partial charge in [0.1, 0.15) is 5.69 Å². The van der Waals surface area contributed by atoms with Crippen LogP contribution in [0.25, 0.3) is 0 Å². The molecule has 1 aliphatic rings. The molecule has 1 unspecified atom stereocenters. The summed E-state index contributed by atoms with van der Waals surface area (Å²) in [5.41, 5.74) is 5.85. The summed E-state index contributed by atoms with van der Waals surface area (Å²) < 4.78 is 0. The third-order valence-electron chi connectivity index (χ3n) is 2.98. The lowest BCUT2D eigenvalue weighted by molar-refractivity contribution is -0.384. The zero-order valence-corrected chi connectivity index (χ0v) is 9.57. The predicted octanol–water partition coefficient (Wildman–Crippen LogP) is 0.522. The van der Waals surface area contributed by atoms with Crippen molar-refractivity contribution < 1.29 is 14.8 Å². The molecule has 0 radical (unpaired) electrons. The number of nitro groups is 1. The second kappa shape index (κ2) is 4.61. The highest BCUT2D eigenvalue weighted by Gasteiger charge is 2.35. The third-order valence-corrected chi connectivity index (χ3v) is 2.98. The third kappa shape index (κ3) is 2.00. The van der Waals surface area contributed by atoms with E-state index in [0.717, 1.165) is 0 Å². The maximum atomic E-state index is 11.8. The molecule has 96 valence electrons. The van der Waals surface area contributed by atoms with Crippen LogP contribution in [0.2, 0.25) is 0 Å². The van der Waals surface area contributed by atoms with Gasteiger partial charge < -0.3 is 15.7 Å². The highest BCUT2D eigenvalue weighted by Crippen LogP contribution is 2.37. The number of hydrogen-bond acceptors (Lipinski definition) is 5. The van der Waals surface area contributed by atoms with E-state index in [2.05, 4.69) is 0 Å². The molecule has 0 spiro atoms. The lowest BCUT2D eigenvalue weighted by Gasteiger charge is -2.18. The molecule has 0 bridgehead atoms. The number of carbonyl (C=O) groups is 1. The molecule has 0 saturated carbocycles. The Morgan fingerprint density at radius 2 is 2.28 bits per heavy atom. The van der Waals surface area contributed by atoms with Gasteiger partial charge in [0.2, 0.25) is 5.91 Å². The Morgan fingerprint density at radius 3 is 2.83 bits per heavy atom. The first-order chi connectivity index (χ1) is 8.54. The van der Waals surface area contributed by atoms with Gasteiger partial charge in [-0.1, -0.05) is 6.07 Å². The van der Waals surface area contributed by atoms with Gasteiger partial charge in [0, 0.05) is 31.6 Å². The molecule has 1 fully saturated rings. The van der Waals surface area contributed by atoms with E-state index in [1.54, 1.807) is 0 Å². The minimum atomic E-state index is -0.564. The summed E-state index contributed by atoms with van der Waals surface area (Å²) in [5, 5.41) is 20.0. The fourth-order valence-corrected chi connectivity index (χ4v) is 2.11. The molecule has 1 amide bonds. The van der Waals surface area contributed by atoms with Crippen molar-refractivity contribution >= 4 is 23.0 Å². The van der Waals surface area contributed by atoms with Gasteiger partial charge >= 0.3 is 0 Å². The molecule has 18 heavy (non-hydrogen) atoms. The normalized spacial score (nSPS) is 19.3. The van der Waals surface area contributed by atoms with Gasteiger partial charge in [0.05, 0.1) is 10.6 Å². The maximum absolute atomic E-state index is 11.8. The Hall–Kier alpha value is -2.15. The summed E-state index contributed by atoms with van der Waals surface area (Å²) in [5.74, 6) is -0.452. The molecule has 7 heteroatoms. The van der Waals surface area contributed by atoms with Crippen molar-refractivity contribution in [1.29, 1.82) is 0 Å². The monoisotopic (exact) mass is 251 g/mol. The van der Waals surface area contributed by atoms with Crippen LogP contribution in [0.4, 0.5) is 17.1 Å². The smallest absolute Gasteiger partial charge is 0.295 e. The van der Waals surface area contributed by atoms with E-state index in [9.17, 15) is 14.9 Å². The summed E-state index contributed by atoms with van der Waals surface area (Å²) in [6.45, 7) is 0.132. The Balaban J connectivity index is 2.45. The summed E-state index contributed by atoms with van der Waals surface area (Å²) in [4.78, 5) is 23.5. The van der Waals surface area contributed by atoms with Gasteiger partial charge in [-0.3, -0.25) is 14.9 Å². The van der Waals surface area contributed by atoms with Crippen molar-refractivity contribution in [1.82, 2.24) is 0 Å². The molecule has 1 aromatic rings. The number of carbonyl (C=O) groups excluding carboxylic acids is 1. The van der Waals surface area contributed by atoms with Crippen LogP contribution in [-0.4, -0.2) is 29.1 Å². The predicted molar refractivity (Wildman–Crippen MR) is 65.1 cm³/mol. The number of amides is 1. The standard InChI is InChI=1S/C11H13N3O4/c12-8-2-1-3-9(14(17)18)11(8)13-5-7(6-15)4-10(13)16/h1-3,7,15H,4-6,12H2. The van der Waals surface area contributed by atoms with Crippen LogP contribution in [0, 0.1) is 16.0 Å². The fraction of sp³-hybridized carbons (Fsp3) is 0.364. The molecule has 0 aliphatic carbocycles. The van der Waals surface area contributed by atoms with Crippen molar-refractivity contribution in [2.45, 2.75) is 6.42 Å². The van der Waals surface area contributed by atoms with E-state index in [1.165, 1.54) is 23.1 Å². The van der Waals surface area contributed by atoms with Gasteiger partial charge in [-0.25, -0.2) is 0 Å². The number of nitrogen functional groups attached to an aromatic ring is 1. The van der Waals surface area contributed by atoms with Crippen LogP contribution in [0.15, 0.2) is 18.2 Å². The lowest BCUT2D eigenvalue weighted by Crippen LogP contribution is -2.26. The first-order valence-corrected chi connectivity index (χ1v) is 5.48. The van der Waals surface area contributed by atoms with E-state index in [0.29, 0.717) is 0 Å². The number of nitro benzene ring substituents is 1. The summed E-state index contributed by atoms with van der Waals surface area (Å²) >= 11 is 0. The number of aliphatic hydroxyl groups excluding tert-OH is 1. The van der Waals surface area contributed by atoms with Gasteiger partial charge in [-0.15, -0.1) is 0 Å². The van der Waals surface area contributed by atoms with E-state index in [1.807, 2.05) is 0 Å². The number of rotatable bonds is 3. The zero-order chi connectivity index (χ0) is 13.3. The van der Waals surface area contributed by atoms with E-state index in [4.69, 9.17) is 10.8 Å². The molecule has 0 aromatic heterocycles. The zero-order valence-electron chi connectivity index (χ0n) is 9.57. The molecule has 1 heterocycles. The van der Waals surface area contributed by atoms with Gasteiger partial charge in [-0.05, 0) is 6.07 Å². The molecular weight excluding hydrogens is 238 g/mol. The number of benzene rings is 1. The Labute approximate surface area is 103 Å². The minimum Gasteiger partial charge on any atom is -0.397 e. The summed E-state index contributed by atoms with van der Waals surface area (Å²) in [6.07, 6.45) is 0.183. The molecule has 3 N–H and O–H groups in total. The second-order valence-corrected chi connectivity index (χ2v) is 4.23.